The largest absolute Gasteiger partial charge is 0.393 e. The molecule has 0 amide bonds. The quantitative estimate of drug-likeness (QED) is 0.743. The topological polar surface area (TPSA) is 32.7 Å². The molecule has 1 heterocycles. The molecule has 3 nitrogen and oxygen atoms in total. The summed E-state index contributed by atoms with van der Waals surface area (Å²) in [5.74, 6) is 0. The van der Waals surface area contributed by atoms with Gasteiger partial charge in [0.15, 0.2) is 0 Å². The van der Waals surface area contributed by atoms with Crippen LogP contribution in [0.4, 0.5) is 0 Å². The predicted molar refractivity (Wildman–Crippen MR) is 57.4 cm³/mol. The van der Waals surface area contributed by atoms with Crippen molar-refractivity contribution in [2.24, 2.45) is 0 Å². The highest BCUT2D eigenvalue weighted by Crippen LogP contribution is 2.16. The van der Waals surface area contributed by atoms with E-state index in [2.05, 4.69) is 18.7 Å². The van der Waals surface area contributed by atoms with Gasteiger partial charge in [0.25, 0.3) is 0 Å². The molecular weight excluding hydrogens is 178 g/mol. The first-order valence-electron chi connectivity index (χ1n) is 5.54. The maximum atomic E-state index is 9.14. The summed E-state index contributed by atoms with van der Waals surface area (Å²) in [6.45, 7) is 10.1. The van der Waals surface area contributed by atoms with E-state index >= 15 is 0 Å². The van der Waals surface area contributed by atoms with Crippen molar-refractivity contribution in [3.63, 3.8) is 0 Å². The minimum atomic E-state index is -0.163. The summed E-state index contributed by atoms with van der Waals surface area (Å²) in [5, 5.41) is 9.14. The van der Waals surface area contributed by atoms with Gasteiger partial charge in [0.05, 0.1) is 18.3 Å². The Bertz CT molecular complexity index is 169. The first-order chi connectivity index (χ1) is 6.49. The van der Waals surface area contributed by atoms with E-state index in [4.69, 9.17) is 9.84 Å². The molecule has 0 bridgehead atoms. The number of nitrogens with zero attached hydrogens (tertiary/aromatic N) is 1. The molecule has 0 radical (unpaired) electrons. The van der Waals surface area contributed by atoms with E-state index in [9.17, 15) is 0 Å². The van der Waals surface area contributed by atoms with Gasteiger partial charge in [0.2, 0.25) is 0 Å². The van der Waals surface area contributed by atoms with Crippen LogP contribution in [-0.2, 0) is 4.74 Å². The van der Waals surface area contributed by atoms with Gasteiger partial charge in [-0.3, -0.25) is 4.90 Å². The van der Waals surface area contributed by atoms with E-state index in [0.717, 1.165) is 39.1 Å². The van der Waals surface area contributed by atoms with Crippen molar-refractivity contribution < 1.29 is 9.84 Å². The third-order valence-electron chi connectivity index (χ3n) is 2.60. The second-order valence-corrected chi connectivity index (χ2v) is 4.88. The van der Waals surface area contributed by atoms with E-state index in [1.165, 1.54) is 0 Å². The Kier molecular flexibility index (Phi) is 4.35. The number of rotatable bonds is 4. The Labute approximate surface area is 87.1 Å². The molecule has 1 aliphatic heterocycles. The summed E-state index contributed by atoms with van der Waals surface area (Å²) in [6, 6.07) is 0. The Balaban J connectivity index is 2.18. The zero-order valence-corrected chi connectivity index (χ0v) is 9.62. The van der Waals surface area contributed by atoms with Crippen LogP contribution in [0.1, 0.15) is 33.6 Å². The predicted octanol–water partition coefficient (Wildman–Crippen LogP) is 1.26. The van der Waals surface area contributed by atoms with Crippen LogP contribution in [0, 0.1) is 0 Å². The number of hydrogen-bond donors (Lipinski definition) is 1. The molecule has 1 unspecified atom stereocenters. The Morgan fingerprint density at radius 2 is 2.21 bits per heavy atom. The number of hydrogen-bond acceptors (Lipinski definition) is 3. The second kappa shape index (κ2) is 5.10. The van der Waals surface area contributed by atoms with Crippen LogP contribution < -0.4 is 0 Å². The van der Waals surface area contributed by atoms with Crippen molar-refractivity contribution in [2.75, 3.05) is 26.2 Å². The molecule has 1 N–H and O–H groups in total. The number of morpholine rings is 1. The van der Waals surface area contributed by atoms with Crippen molar-refractivity contribution in [3.8, 4) is 0 Å². The van der Waals surface area contributed by atoms with Crippen LogP contribution in [-0.4, -0.2) is 48.0 Å². The van der Waals surface area contributed by atoms with Crippen molar-refractivity contribution >= 4 is 0 Å². The van der Waals surface area contributed by atoms with Gasteiger partial charge < -0.3 is 9.84 Å². The van der Waals surface area contributed by atoms with Gasteiger partial charge in [0.1, 0.15) is 0 Å². The maximum Gasteiger partial charge on any atom is 0.0753 e. The van der Waals surface area contributed by atoms with Gasteiger partial charge in [-0.2, -0.15) is 0 Å². The second-order valence-electron chi connectivity index (χ2n) is 4.88. The fraction of sp³-hybridized carbons (Fsp3) is 1.00. The normalized spacial score (nSPS) is 24.9. The van der Waals surface area contributed by atoms with Crippen molar-refractivity contribution in [1.82, 2.24) is 4.90 Å². The molecule has 0 spiro atoms. The zero-order chi connectivity index (χ0) is 10.6. The van der Waals surface area contributed by atoms with Gasteiger partial charge in [-0.05, 0) is 40.2 Å². The smallest absolute Gasteiger partial charge is 0.0753 e. The summed E-state index contributed by atoms with van der Waals surface area (Å²) in [5.41, 5.74) is 0.00306. The Morgan fingerprint density at radius 1 is 1.50 bits per heavy atom. The lowest BCUT2D eigenvalue weighted by Gasteiger charge is -2.38. The highest BCUT2D eigenvalue weighted by molar-refractivity contribution is 4.78. The SMILES string of the molecule is CC(O)CCCN1CCOC(C)(C)C1. The average molecular weight is 201 g/mol. The zero-order valence-electron chi connectivity index (χ0n) is 9.62. The van der Waals surface area contributed by atoms with Gasteiger partial charge in [0, 0.05) is 13.1 Å². The van der Waals surface area contributed by atoms with Crippen LogP contribution in [0.15, 0.2) is 0 Å². The van der Waals surface area contributed by atoms with E-state index in [1.807, 2.05) is 6.92 Å². The lowest BCUT2D eigenvalue weighted by Crippen LogP contribution is -2.48. The van der Waals surface area contributed by atoms with E-state index in [-0.39, 0.29) is 11.7 Å². The summed E-state index contributed by atoms with van der Waals surface area (Å²) >= 11 is 0. The van der Waals surface area contributed by atoms with Gasteiger partial charge in [-0.1, -0.05) is 0 Å². The molecule has 0 aromatic heterocycles. The Morgan fingerprint density at radius 3 is 2.79 bits per heavy atom. The van der Waals surface area contributed by atoms with E-state index in [0.29, 0.717) is 0 Å². The number of aliphatic hydroxyl groups is 1. The lowest BCUT2D eigenvalue weighted by molar-refractivity contribution is -0.0864. The lowest BCUT2D eigenvalue weighted by atomic mass is 10.1. The molecule has 1 atom stereocenters. The van der Waals surface area contributed by atoms with Crippen LogP contribution in [0.5, 0.6) is 0 Å². The first kappa shape index (κ1) is 12.0. The molecule has 0 aromatic carbocycles. The monoisotopic (exact) mass is 201 g/mol. The molecule has 3 heteroatoms. The molecule has 1 saturated heterocycles. The molecule has 0 saturated carbocycles. The average Bonchev–Trinajstić information content (AvgIpc) is 2.01. The molecule has 0 aromatic rings. The molecular formula is C11H23NO2. The highest BCUT2D eigenvalue weighted by atomic mass is 16.5. The summed E-state index contributed by atoms with van der Waals surface area (Å²) in [7, 11) is 0. The van der Waals surface area contributed by atoms with Crippen molar-refractivity contribution in [2.45, 2.75) is 45.3 Å². The third kappa shape index (κ3) is 4.40. The van der Waals surface area contributed by atoms with Crippen LogP contribution in [0.25, 0.3) is 0 Å². The molecule has 0 aliphatic carbocycles. The number of ether oxygens (including phenoxy) is 1. The maximum absolute atomic E-state index is 9.14. The minimum absolute atomic E-state index is 0.00306. The first-order valence-corrected chi connectivity index (χ1v) is 5.54. The highest BCUT2D eigenvalue weighted by Gasteiger charge is 2.26. The summed E-state index contributed by atoms with van der Waals surface area (Å²) < 4.78 is 5.63. The van der Waals surface area contributed by atoms with Crippen LogP contribution >= 0.6 is 0 Å². The van der Waals surface area contributed by atoms with Crippen LogP contribution in [0.2, 0.25) is 0 Å². The van der Waals surface area contributed by atoms with Crippen molar-refractivity contribution in [1.29, 1.82) is 0 Å². The number of aliphatic hydroxyl groups excluding tert-OH is 1. The van der Waals surface area contributed by atoms with Gasteiger partial charge in [-0.25, -0.2) is 0 Å². The van der Waals surface area contributed by atoms with Crippen molar-refractivity contribution in [3.05, 3.63) is 0 Å². The standard InChI is InChI=1S/C11H23NO2/c1-10(13)5-4-6-12-7-8-14-11(2,3)9-12/h10,13H,4-9H2,1-3H3. The van der Waals surface area contributed by atoms with E-state index in [1.54, 1.807) is 0 Å². The van der Waals surface area contributed by atoms with Gasteiger partial charge >= 0.3 is 0 Å². The molecule has 1 rings (SSSR count). The third-order valence-corrected chi connectivity index (χ3v) is 2.60. The minimum Gasteiger partial charge on any atom is -0.393 e. The van der Waals surface area contributed by atoms with E-state index < -0.39 is 0 Å². The summed E-state index contributed by atoms with van der Waals surface area (Å²) in [4.78, 5) is 2.42. The fourth-order valence-corrected chi connectivity index (χ4v) is 1.92. The molecule has 1 aliphatic rings. The molecule has 1 fully saturated rings. The molecule has 14 heavy (non-hydrogen) atoms. The summed E-state index contributed by atoms with van der Waals surface area (Å²) in [6.07, 6.45) is 1.81. The Hall–Kier alpha value is -0.120. The fourth-order valence-electron chi connectivity index (χ4n) is 1.92. The van der Waals surface area contributed by atoms with Crippen LogP contribution in [0.3, 0.4) is 0 Å². The molecule has 84 valence electrons. The van der Waals surface area contributed by atoms with Gasteiger partial charge in [-0.15, -0.1) is 0 Å².